The maximum absolute atomic E-state index is 12.0. The van der Waals surface area contributed by atoms with Crippen LogP contribution in [-0.2, 0) is 4.74 Å². The predicted molar refractivity (Wildman–Crippen MR) is 78.8 cm³/mol. The van der Waals surface area contributed by atoms with Crippen molar-refractivity contribution in [2.75, 3.05) is 13.7 Å². The van der Waals surface area contributed by atoms with Crippen LogP contribution in [0.3, 0.4) is 0 Å². The second-order valence-corrected chi connectivity index (χ2v) is 4.55. The van der Waals surface area contributed by atoms with Crippen molar-refractivity contribution >= 4 is 11.8 Å². The lowest BCUT2D eigenvalue weighted by Crippen LogP contribution is -2.12. The third kappa shape index (κ3) is 3.69. The second kappa shape index (κ2) is 6.70. The zero-order valence-corrected chi connectivity index (χ0v) is 12.0. The number of ketones is 1. The van der Waals surface area contributed by atoms with Crippen LogP contribution in [-0.4, -0.2) is 25.5 Å². The molecule has 0 amide bonds. The number of benzene rings is 2. The first kappa shape index (κ1) is 14.8. The van der Waals surface area contributed by atoms with Crippen LogP contribution in [0, 0.1) is 6.92 Å². The number of carbonyl (C=O) groups is 2. The summed E-state index contributed by atoms with van der Waals surface area (Å²) >= 11 is 0. The monoisotopic (exact) mass is 284 g/mol. The van der Waals surface area contributed by atoms with Crippen molar-refractivity contribution in [1.29, 1.82) is 0 Å². The Balaban J connectivity index is 2.04. The average molecular weight is 284 g/mol. The van der Waals surface area contributed by atoms with Gasteiger partial charge in [0.2, 0.25) is 0 Å². The predicted octanol–water partition coefficient (Wildman–Crippen LogP) is 3.04. The van der Waals surface area contributed by atoms with Gasteiger partial charge in [-0.3, -0.25) is 4.79 Å². The van der Waals surface area contributed by atoms with E-state index in [0.717, 1.165) is 5.56 Å². The van der Waals surface area contributed by atoms with Crippen molar-refractivity contribution in [3.63, 3.8) is 0 Å². The molecule has 2 aromatic carbocycles. The lowest BCUT2D eigenvalue weighted by atomic mass is 10.1. The summed E-state index contributed by atoms with van der Waals surface area (Å²) in [5.41, 5.74) is 1.84. The van der Waals surface area contributed by atoms with E-state index in [-0.39, 0.29) is 12.4 Å². The molecule has 0 fully saturated rings. The molecule has 0 spiro atoms. The number of hydrogen-bond acceptors (Lipinski definition) is 4. The fourth-order valence-electron chi connectivity index (χ4n) is 1.91. The van der Waals surface area contributed by atoms with Crippen LogP contribution in [0.5, 0.6) is 5.75 Å². The molecule has 0 aromatic heterocycles. The zero-order valence-electron chi connectivity index (χ0n) is 12.0. The Kier molecular flexibility index (Phi) is 4.72. The van der Waals surface area contributed by atoms with Gasteiger partial charge in [0.05, 0.1) is 12.7 Å². The van der Waals surface area contributed by atoms with Crippen LogP contribution in [0.15, 0.2) is 48.5 Å². The average Bonchev–Trinajstić information content (AvgIpc) is 2.53. The molecule has 0 atom stereocenters. The second-order valence-electron chi connectivity index (χ2n) is 4.55. The summed E-state index contributed by atoms with van der Waals surface area (Å²) in [6, 6.07) is 13.9. The van der Waals surface area contributed by atoms with E-state index in [0.29, 0.717) is 16.9 Å². The van der Waals surface area contributed by atoms with Gasteiger partial charge in [-0.1, -0.05) is 30.3 Å². The molecule has 2 aromatic rings. The van der Waals surface area contributed by atoms with E-state index in [1.54, 1.807) is 30.3 Å². The molecule has 0 N–H and O–H groups in total. The van der Waals surface area contributed by atoms with Crippen LogP contribution >= 0.6 is 0 Å². The highest BCUT2D eigenvalue weighted by atomic mass is 16.5. The van der Waals surface area contributed by atoms with Gasteiger partial charge in [-0.05, 0) is 30.7 Å². The summed E-state index contributed by atoms with van der Waals surface area (Å²) in [4.78, 5) is 23.4. The van der Waals surface area contributed by atoms with Gasteiger partial charge in [0.15, 0.2) is 12.4 Å². The molecule has 0 saturated heterocycles. The summed E-state index contributed by atoms with van der Waals surface area (Å²) in [5.74, 6) is 0.0870. The minimum atomic E-state index is -0.398. The third-order valence-corrected chi connectivity index (χ3v) is 3.05. The molecule has 0 aliphatic heterocycles. The Morgan fingerprint density at radius 1 is 1.00 bits per heavy atom. The van der Waals surface area contributed by atoms with E-state index in [1.807, 2.05) is 25.1 Å². The van der Waals surface area contributed by atoms with Crippen molar-refractivity contribution in [2.45, 2.75) is 6.92 Å². The van der Waals surface area contributed by atoms with E-state index in [9.17, 15) is 9.59 Å². The first-order valence-corrected chi connectivity index (χ1v) is 6.52. The molecular weight excluding hydrogens is 268 g/mol. The summed E-state index contributed by atoms with van der Waals surface area (Å²) in [7, 11) is 1.33. The molecule has 2 rings (SSSR count). The highest BCUT2D eigenvalue weighted by Gasteiger charge is 2.10. The van der Waals surface area contributed by atoms with Gasteiger partial charge in [-0.25, -0.2) is 4.79 Å². The largest absolute Gasteiger partial charge is 0.485 e. The zero-order chi connectivity index (χ0) is 15.2. The number of aryl methyl sites for hydroxylation is 1. The standard InChI is InChI=1S/C17H16O4/c1-12-10-14(17(19)20-2)8-9-16(12)21-11-15(18)13-6-4-3-5-7-13/h3-10H,11H2,1-2H3. The molecule has 0 heterocycles. The lowest BCUT2D eigenvalue weighted by Gasteiger charge is -2.09. The van der Waals surface area contributed by atoms with Crippen molar-refractivity contribution in [3.05, 3.63) is 65.2 Å². The van der Waals surface area contributed by atoms with E-state index < -0.39 is 5.97 Å². The fraction of sp³-hybridized carbons (Fsp3) is 0.176. The number of carbonyl (C=O) groups excluding carboxylic acids is 2. The maximum atomic E-state index is 12.0. The quantitative estimate of drug-likeness (QED) is 0.625. The van der Waals surface area contributed by atoms with Crippen LogP contribution < -0.4 is 4.74 Å². The smallest absolute Gasteiger partial charge is 0.337 e. The molecule has 21 heavy (non-hydrogen) atoms. The van der Waals surface area contributed by atoms with Crippen LogP contribution in [0.2, 0.25) is 0 Å². The number of rotatable bonds is 5. The van der Waals surface area contributed by atoms with E-state index in [2.05, 4.69) is 4.74 Å². The number of methoxy groups -OCH3 is 1. The van der Waals surface area contributed by atoms with Gasteiger partial charge in [0.1, 0.15) is 5.75 Å². The number of esters is 1. The molecule has 0 radical (unpaired) electrons. The molecule has 0 unspecified atom stereocenters. The molecule has 0 aliphatic rings. The Morgan fingerprint density at radius 2 is 1.71 bits per heavy atom. The summed E-state index contributed by atoms with van der Waals surface area (Å²) < 4.78 is 10.2. The highest BCUT2D eigenvalue weighted by Crippen LogP contribution is 2.20. The number of hydrogen-bond donors (Lipinski definition) is 0. The SMILES string of the molecule is COC(=O)c1ccc(OCC(=O)c2ccccc2)c(C)c1. The van der Waals surface area contributed by atoms with Crippen molar-refractivity contribution in [1.82, 2.24) is 0 Å². The minimum absolute atomic E-state index is 0.0393. The molecule has 4 nitrogen and oxygen atoms in total. The topological polar surface area (TPSA) is 52.6 Å². The van der Waals surface area contributed by atoms with Gasteiger partial charge >= 0.3 is 5.97 Å². The van der Waals surface area contributed by atoms with Crippen LogP contribution in [0.4, 0.5) is 0 Å². The highest BCUT2D eigenvalue weighted by molar-refractivity contribution is 5.97. The van der Waals surface area contributed by atoms with Crippen molar-refractivity contribution < 1.29 is 19.1 Å². The molecule has 4 heteroatoms. The normalized spacial score (nSPS) is 10.0. The number of Topliss-reactive ketones (excluding diaryl/α,β-unsaturated/α-hetero) is 1. The van der Waals surface area contributed by atoms with Crippen molar-refractivity contribution in [3.8, 4) is 5.75 Å². The minimum Gasteiger partial charge on any atom is -0.485 e. The number of ether oxygens (including phenoxy) is 2. The summed E-state index contributed by atoms with van der Waals surface area (Å²) in [6.07, 6.45) is 0. The molecule has 0 bridgehead atoms. The van der Waals surface area contributed by atoms with Gasteiger partial charge in [0.25, 0.3) is 0 Å². The Bertz CT molecular complexity index is 647. The van der Waals surface area contributed by atoms with Crippen molar-refractivity contribution in [2.24, 2.45) is 0 Å². The molecule has 0 aliphatic carbocycles. The van der Waals surface area contributed by atoms with Crippen LogP contribution in [0.1, 0.15) is 26.3 Å². The van der Waals surface area contributed by atoms with E-state index in [4.69, 9.17) is 4.74 Å². The third-order valence-electron chi connectivity index (χ3n) is 3.05. The first-order valence-electron chi connectivity index (χ1n) is 6.52. The Hall–Kier alpha value is -2.62. The molecule has 108 valence electrons. The fourth-order valence-corrected chi connectivity index (χ4v) is 1.91. The summed E-state index contributed by atoms with van der Waals surface area (Å²) in [5, 5.41) is 0. The molecule has 0 saturated carbocycles. The Morgan fingerprint density at radius 3 is 2.33 bits per heavy atom. The van der Waals surface area contributed by atoms with Gasteiger partial charge in [0, 0.05) is 5.56 Å². The van der Waals surface area contributed by atoms with Gasteiger partial charge < -0.3 is 9.47 Å². The summed E-state index contributed by atoms with van der Waals surface area (Å²) in [6.45, 7) is 1.77. The van der Waals surface area contributed by atoms with E-state index in [1.165, 1.54) is 7.11 Å². The Labute approximate surface area is 123 Å². The van der Waals surface area contributed by atoms with Gasteiger partial charge in [-0.2, -0.15) is 0 Å². The molecular formula is C17H16O4. The van der Waals surface area contributed by atoms with E-state index >= 15 is 0 Å². The lowest BCUT2D eigenvalue weighted by molar-refractivity contribution is 0.0600. The maximum Gasteiger partial charge on any atom is 0.337 e. The van der Waals surface area contributed by atoms with Gasteiger partial charge in [-0.15, -0.1) is 0 Å². The first-order chi connectivity index (χ1) is 10.1. The van der Waals surface area contributed by atoms with Crippen LogP contribution in [0.25, 0.3) is 0 Å².